The molecule has 1 atom stereocenters. The predicted octanol–water partition coefficient (Wildman–Crippen LogP) is 4.10. The average molecular weight is 337 g/mol. The summed E-state index contributed by atoms with van der Waals surface area (Å²) < 4.78 is 0. The summed E-state index contributed by atoms with van der Waals surface area (Å²) in [6, 6.07) is 20.1. The van der Waals surface area contributed by atoms with Crippen LogP contribution in [-0.2, 0) is 4.79 Å². The molecule has 2 aromatic carbocycles. The highest BCUT2D eigenvalue weighted by Crippen LogP contribution is 2.34. The first-order valence-corrected chi connectivity index (χ1v) is 8.73. The second-order valence-electron chi connectivity index (χ2n) is 5.41. The van der Waals surface area contributed by atoms with Crippen molar-refractivity contribution in [3.8, 4) is 22.5 Å². The van der Waals surface area contributed by atoms with Gasteiger partial charge in [0, 0.05) is 11.1 Å². The molecule has 5 heteroatoms. The van der Waals surface area contributed by atoms with E-state index in [2.05, 4.69) is 4.98 Å². The number of carbonyl (C=O) groups excluding carboxylic acids is 1. The molecule has 0 saturated carbocycles. The van der Waals surface area contributed by atoms with E-state index in [1.807, 2.05) is 67.6 Å². The zero-order valence-corrected chi connectivity index (χ0v) is 14.2. The van der Waals surface area contributed by atoms with Crippen molar-refractivity contribution in [2.75, 3.05) is 0 Å². The SMILES string of the molecule is CCC(Sc1nc(-c2ccccc2)c(-c2ccccc2)[nH]1)C(N)=O. The van der Waals surface area contributed by atoms with Gasteiger partial charge in [0.15, 0.2) is 5.16 Å². The summed E-state index contributed by atoms with van der Waals surface area (Å²) in [5.41, 5.74) is 9.38. The van der Waals surface area contributed by atoms with Gasteiger partial charge in [-0.1, -0.05) is 79.3 Å². The number of imidazole rings is 1. The summed E-state index contributed by atoms with van der Waals surface area (Å²) in [6.45, 7) is 1.95. The van der Waals surface area contributed by atoms with Gasteiger partial charge in [-0.3, -0.25) is 4.79 Å². The number of amides is 1. The molecular formula is C19H19N3OS. The van der Waals surface area contributed by atoms with Crippen LogP contribution in [0.25, 0.3) is 22.5 Å². The Hall–Kier alpha value is -2.53. The van der Waals surface area contributed by atoms with Crippen molar-refractivity contribution >= 4 is 17.7 Å². The Morgan fingerprint density at radius 1 is 1.08 bits per heavy atom. The Balaban J connectivity index is 2.05. The van der Waals surface area contributed by atoms with Crippen LogP contribution in [0.4, 0.5) is 0 Å². The Bertz CT molecular complexity index is 758. The van der Waals surface area contributed by atoms with Crippen LogP contribution in [0.15, 0.2) is 65.8 Å². The third-order valence-corrected chi connectivity index (χ3v) is 5.00. The predicted molar refractivity (Wildman–Crippen MR) is 98.6 cm³/mol. The number of carbonyl (C=O) groups is 1. The molecule has 3 aromatic rings. The van der Waals surface area contributed by atoms with Crippen molar-refractivity contribution in [3.63, 3.8) is 0 Å². The summed E-state index contributed by atoms with van der Waals surface area (Å²) in [7, 11) is 0. The van der Waals surface area contributed by atoms with Gasteiger partial charge in [0.1, 0.15) is 0 Å². The van der Waals surface area contributed by atoms with E-state index in [0.29, 0.717) is 11.6 Å². The lowest BCUT2D eigenvalue weighted by Crippen LogP contribution is -2.24. The highest BCUT2D eigenvalue weighted by molar-refractivity contribution is 8.00. The number of benzene rings is 2. The maximum absolute atomic E-state index is 11.5. The Morgan fingerprint density at radius 3 is 2.21 bits per heavy atom. The second-order valence-corrected chi connectivity index (χ2v) is 6.61. The van der Waals surface area contributed by atoms with E-state index in [-0.39, 0.29) is 11.2 Å². The van der Waals surface area contributed by atoms with Crippen LogP contribution in [0.1, 0.15) is 13.3 Å². The minimum absolute atomic E-state index is 0.289. The summed E-state index contributed by atoms with van der Waals surface area (Å²) in [6.07, 6.45) is 0.669. The van der Waals surface area contributed by atoms with E-state index < -0.39 is 0 Å². The lowest BCUT2D eigenvalue weighted by molar-refractivity contribution is -0.117. The molecule has 3 N–H and O–H groups in total. The molecular weight excluding hydrogens is 318 g/mol. The van der Waals surface area contributed by atoms with E-state index in [0.717, 1.165) is 22.5 Å². The van der Waals surface area contributed by atoms with Crippen LogP contribution in [0.5, 0.6) is 0 Å². The van der Waals surface area contributed by atoms with Crippen LogP contribution in [0.2, 0.25) is 0 Å². The highest BCUT2D eigenvalue weighted by Gasteiger charge is 2.19. The summed E-state index contributed by atoms with van der Waals surface area (Å²) in [5.74, 6) is -0.318. The quantitative estimate of drug-likeness (QED) is 0.665. The molecule has 0 aliphatic rings. The Labute approximate surface area is 145 Å². The van der Waals surface area contributed by atoms with Gasteiger partial charge in [0.2, 0.25) is 5.91 Å². The number of primary amides is 1. The third-order valence-electron chi connectivity index (χ3n) is 3.73. The molecule has 0 aliphatic heterocycles. The molecule has 1 heterocycles. The second kappa shape index (κ2) is 7.36. The number of H-pyrrole nitrogens is 1. The Morgan fingerprint density at radius 2 is 1.67 bits per heavy atom. The number of hydrogen-bond donors (Lipinski definition) is 2. The van der Waals surface area contributed by atoms with Gasteiger partial charge >= 0.3 is 0 Å². The van der Waals surface area contributed by atoms with Crippen molar-refractivity contribution in [2.24, 2.45) is 5.73 Å². The first-order chi connectivity index (χ1) is 11.7. The Kier molecular flexibility index (Phi) is 5.01. The number of rotatable bonds is 6. The van der Waals surface area contributed by atoms with Gasteiger partial charge < -0.3 is 10.7 Å². The molecule has 0 radical (unpaired) electrons. The maximum Gasteiger partial charge on any atom is 0.231 e. The largest absolute Gasteiger partial charge is 0.369 e. The summed E-state index contributed by atoms with van der Waals surface area (Å²) in [5, 5.41) is 0.418. The minimum Gasteiger partial charge on any atom is -0.369 e. The number of hydrogen-bond acceptors (Lipinski definition) is 3. The number of thioether (sulfide) groups is 1. The lowest BCUT2D eigenvalue weighted by Gasteiger charge is -2.07. The van der Waals surface area contributed by atoms with Crippen LogP contribution in [0.3, 0.4) is 0 Å². The third kappa shape index (κ3) is 3.51. The number of nitrogens with two attached hydrogens (primary N) is 1. The molecule has 0 saturated heterocycles. The van der Waals surface area contributed by atoms with Gasteiger partial charge in [0.25, 0.3) is 0 Å². The van der Waals surface area contributed by atoms with Crippen LogP contribution >= 0.6 is 11.8 Å². The summed E-state index contributed by atoms with van der Waals surface area (Å²) in [4.78, 5) is 19.6. The first-order valence-electron chi connectivity index (χ1n) is 7.86. The van der Waals surface area contributed by atoms with E-state index in [9.17, 15) is 4.79 Å². The zero-order chi connectivity index (χ0) is 16.9. The smallest absolute Gasteiger partial charge is 0.231 e. The number of aromatic amines is 1. The van der Waals surface area contributed by atoms with Gasteiger partial charge in [-0.15, -0.1) is 0 Å². The van der Waals surface area contributed by atoms with Crippen LogP contribution in [-0.4, -0.2) is 21.1 Å². The van der Waals surface area contributed by atoms with Gasteiger partial charge in [-0.2, -0.15) is 0 Å². The van der Waals surface area contributed by atoms with E-state index in [1.165, 1.54) is 11.8 Å². The molecule has 1 aromatic heterocycles. The molecule has 0 aliphatic carbocycles. The summed E-state index contributed by atoms with van der Waals surface area (Å²) >= 11 is 1.38. The zero-order valence-electron chi connectivity index (χ0n) is 13.4. The fourth-order valence-corrected chi connectivity index (χ4v) is 3.36. The lowest BCUT2D eigenvalue weighted by atomic mass is 10.1. The van der Waals surface area contributed by atoms with Crippen molar-refractivity contribution in [2.45, 2.75) is 23.8 Å². The molecule has 3 rings (SSSR count). The number of nitrogens with zero attached hydrogens (tertiary/aromatic N) is 1. The average Bonchev–Trinajstić information content (AvgIpc) is 3.05. The van der Waals surface area contributed by atoms with Gasteiger partial charge in [-0.25, -0.2) is 4.98 Å². The molecule has 4 nitrogen and oxygen atoms in total. The van der Waals surface area contributed by atoms with E-state index >= 15 is 0 Å². The topological polar surface area (TPSA) is 71.8 Å². The number of aromatic nitrogens is 2. The van der Waals surface area contributed by atoms with Crippen molar-refractivity contribution in [1.29, 1.82) is 0 Å². The van der Waals surface area contributed by atoms with E-state index in [4.69, 9.17) is 10.7 Å². The maximum atomic E-state index is 11.5. The fraction of sp³-hybridized carbons (Fsp3) is 0.158. The minimum atomic E-state index is -0.318. The molecule has 0 bridgehead atoms. The van der Waals surface area contributed by atoms with Gasteiger partial charge in [-0.05, 0) is 6.42 Å². The van der Waals surface area contributed by atoms with Crippen molar-refractivity contribution < 1.29 is 4.79 Å². The van der Waals surface area contributed by atoms with E-state index in [1.54, 1.807) is 0 Å². The highest BCUT2D eigenvalue weighted by atomic mass is 32.2. The van der Waals surface area contributed by atoms with Crippen LogP contribution in [0, 0.1) is 0 Å². The first kappa shape index (κ1) is 16.3. The van der Waals surface area contributed by atoms with Crippen molar-refractivity contribution in [3.05, 3.63) is 60.7 Å². The number of nitrogens with one attached hydrogen (secondary N) is 1. The molecule has 24 heavy (non-hydrogen) atoms. The molecule has 0 fully saturated rings. The molecule has 122 valence electrons. The molecule has 0 spiro atoms. The fourth-order valence-electron chi connectivity index (χ4n) is 2.50. The monoisotopic (exact) mass is 337 g/mol. The van der Waals surface area contributed by atoms with Crippen LogP contribution < -0.4 is 5.73 Å². The molecule has 1 unspecified atom stereocenters. The standard InChI is InChI=1S/C19H19N3OS/c1-2-15(18(20)23)24-19-21-16(13-9-5-3-6-10-13)17(22-19)14-11-7-4-8-12-14/h3-12,15H,2H2,1H3,(H2,20,23)(H,21,22). The van der Waals surface area contributed by atoms with Crippen molar-refractivity contribution in [1.82, 2.24) is 9.97 Å². The molecule has 1 amide bonds. The normalized spacial score (nSPS) is 12.0. The van der Waals surface area contributed by atoms with Gasteiger partial charge in [0.05, 0.1) is 16.6 Å².